The van der Waals surface area contributed by atoms with Gasteiger partial charge in [0.15, 0.2) is 5.76 Å². The van der Waals surface area contributed by atoms with E-state index in [2.05, 4.69) is 5.16 Å². The molecule has 1 saturated carbocycles. The second-order valence-electron chi connectivity index (χ2n) is 7.86. The van der Waals surface area contributed by atoms with Crippen LogP contribution in [0, 0.1) is 11.8 Å². The van der Waals surface area contributed by atoms with Crippen molar-refractivity contribution in [1.82, 2.24) is 10.1 Å². The quantitative estimate of drug-likeness (QED) is 0.762. The molecule has 1 amide bonds. The van der Waals surface area contributed by atoms with Crippen molar-refractivity contribution >= 4 is 17.7 Å². The van der Waals surface area contributed by atoms with Crippen molar-refractivity contribution in [3.63, 3.8) is 0 Å². The van der Waals surface area contributed by atoms with Gasteiger partial charge in [-0.25, -0.2) is 4.79 Å². The number of halogens is 1. The maximum Gasteiger partial charge on any atom is 0.410 e. The Balaban J connectivity index is 1.59. The molecule has 2 aromatic rings. The van der Waals surface area contributed by atoms with Crippen LogP contribution in [0.5, 0.6) is 0 Å². The normalized spacial score (nSPS) is 25.0. The average molecular weight is 361 g/mol. The van der Waals surface area contributed by atoms with Gasteiger partial charge >= 0.3 is 6.09 Å². The molecule has 0 spiro atoms. The summed E-state index contributed by atoms with van der Waals surface area (Å²) in [5.74, 6) is 1.65. The lowest BCUT2D eigenvalue weighted by molar-refractivity contribution is 0.0185. The monoisotopic (exact) mass is 360 g/mol. The van der Waals surface area contributed by atoms with Crippen LogP contribution in [0.2, 0.25) is 5.02 Å². The molecule has 2 aliphatic rings. The highest BCUT2D eigenvalue weighted by molar-refractivity contribution is 6.30. The molecule has 1 aliphatic carbocycles. The van der Waals surface area contributed by atoms with Crippen LogP contribution in [0.4, 0.5) is 4.79 Å². The van der Waals surface area contributed by atoms with Gasteiger partial charge in [-0.15, -0.1) is 0 Å². The number of rotatable bonds is 2. The number of carbonyl (C=O) groups excluding carboxylic acids is 1. The molecule has 0 radical (unpaired) electrons. The number of fused-ring (bicyclic) bond motifs is 1. The Kier molecular flexibility index (Phi) is 3.80. The Labute approximate surface area is 151 Å². The third-order valence-corrected chi connectivity index (χ3v) is 4.95. The minimum absolute atomic E-state index is 0.0727. The highest BCUT2D eigenvalue weighted by Crippen LogP contribution is 2.56. The van der Waals surface area contributed by atoms with Crippen molar-refractivity contribution in [3.05, 3.63) is 41.0 Å². The van der Waals surface area contributed by atoms with Crippen molar-refractivity contribution in [2.45, 2.75) is 38.8 Å². The van der Waals surface area contributed by atoms with Crippen molar-refractivity contribution < 1.29 is 14.1 Å². The van der Waals surface area contributed by atoms with Crippen LogP contribution in [-0.2, 0) is 4.74 Å². The van der Waals surface area contributed by atoms with Gasteiger partial charge in [-0.2, -0.15) is 0 Å². The van der Waals surface area contributed by atoms with Crippen LogP contribution in [-0.4, -0.2) is 28.3 Å². The Morgan fingerprint density at radius 2 is 2.16 bits per heavy atom. The van der Waals surface area contributed by atoms with E-state index in [-0.39, 0.29) is 12.1 Å². The number of aromatic nitrogens is 1. The fraction of sp³-hybridized carbons (Fsp3) is 0.474. The number of likely N-dealkylation sites (tertiary alicyclic amines) is 1. The number of piperidine rings is 1. The van der Waals surface area contributed by atoms with Gasteiger partial charge in [0.05, 0.1) is 6.04 Å². The Bertz CT molecular complexity index is 811. The van der Waals surface area contributed by atoms with Gasteiger partial charge in [-0.3, -0.25) is 4.90 Å². The van der Waals surface area contributed by atoms with Crippen molar-refractivity contribution in [3.8, 4) is 11.3 Å². The zero-order valence-electron chi connectivity index (χ0n) is 14.5. The third-order valence-electron chi connectivity index (χ3n) is 4.72. The van der Waals surface area contributed by atoms with Gasteiger partial charge < -0.3 is 9.26 Å². The molecule has 0 bridgehead atoms. The SMILES string of the molecule is CC(C)(C)OC(=O)N1C[C@H]2C[C@H]2[C@@H]1c1cc(-c2cccc(Cl)c2)on1. The molecule has 1 aromatic heterocycles. The second kappa shape index (κ2) is 5.77. The molecular weight excluding hydrogens is 340 g/mol. The molecule has 5 nitrogen and oxygen atoms in total. The molecule has 0 unspecified atom stereocenters. The summed E-state index contributed by atoms with van der Waals surface area (Å²) < 4.78 is 11.1. The molecule has 2 fully saturated rings. The fourth-order valence-corrected chi connectivity index (χ4v) is 3.75. The molecule has 25 heavy (non-hydrogen) atoms. The van der Waals surface area contributed by atoms with E-state index in [1.165, 1.54) is 0 Å². The average Bonchev–Trinajstić information content (AvgIpc) is 2.95. The first-order chi connectivity index (χ1) is 11.8. The van der Waals surface area contributed by atoms with E-state index >= 15 is 0 Å². The van der Waals surface area contributed by atoms with E-state index in [0.717, 1.165) is 24.2 Å². The van der Waals surface area contributed by atoms with E-state index in [4.69, 9.17) is 20.9 Å². The number of carbonyl (C=O) groups is 1. The molecular formula is C19H21ClN2O3. The molecule has 2 heterocycles. The standard InChI is InChI=1S/C19H21ClN2O3/c1-19(2,3)24-18(23)22-10-12-8-14(12)17(22)15-9-16(25-21-15)11-5-4-6-13(20)7-11/h4-7,9,12,14,17H,8,10H2,1-3H3/t12-,14-,17-/m1/s1. The maximum atomic E-state index is 12.6. The topological polar surface area (TPSA) is 55.6 Å². The van der Waals surface area contributed by atoms with Crippen LogP contribution in [0.15, 0.2) is 34.9 Å². The fourth-order valence-electron chi connectivity index (χ4n) is 3.56. The largest absolute Gasteiger partial charge is 0.444 e. The van der Waals surface area contributed by atoms with E-state index in [9.17, 15) is 4.79 Å². The van der Waals surface area contributed by atoms with Crippen LogP contribution in [0.25, 0.3) is 11.3 Å². The summed E-state index contributed by atoms with van der Waals surface area (Å²) in [6, 6.07) is 9.30. The summed E-state index contributed by atoms with van der Waals surface area (Å²) >= 11 is 6.05. The highest BCUT2D eigenvalue weighted by Gasteiger charge is 2.56. The lowest BCUT2D eigenvalue weighted by Crippen LogP contribution is -2.38. The number of amides is 1. The Hall–Kier alpha value is -2.01. The maximum absolute atomic E-state index is 12.6. The predicted octanol–water partition coefficient (Wildman–Crippen LogP) is 4.92. The van der Waals surface area contributed by atoms with Crippen LogP contribution >= 0.6 is 11.6 Å². The summed E-state index contributed by atoms with van der Waals surface area (Å²) in [4.78, 5) is 14.4. The molecule has 0 N–H and O–H groups in total. The van der Waals surface area contributed by atoms with Crippen molar-refractivity contribution in [1.29, 1.82) is 0 Å². The summed E-state index contributed by atoms with van der Waals surface area (Å²) in [7, 11) is 0. The minimum Gasteiger partial charge on any atom is -0.444 e. The van der Waals surface area contributed by atoms with Gasteiger partial charge in [0.2, 0.25) is 0 Å². The number of hydrogen-bond acceptors (Lipinski definition) is 4. The smallest absolute Gasteiger partial charge is 0.410 e. The van der Waals surface area contributed by atoms with Gasteiger partial charge in [0.25, 0.3) is 0 Å². The van der Waals surface area contributed by atoms with Gasteiger partial charge in [-0.1, -0.05) is 28.9 Å². The zero-order chi connectivity index (χ0) is 17.8. The first-order valence-electron chi connectivity index (χ1n) is 8.54. The van der Waals surface area contributed by atoms with Crippen molar-refractivity contribution in [2.75, 3.05) is 6.54 Å². The second-order valence-corrected chi connectivity index (χ2v) is 8.30. The van der Waals surface area contributed by atoms with Crippen LogP contribution < -0.4 is 0 Å². The predicted molar refractivity (Wildman–Crippen MR) is 94.2 cm³/mol. The van der Waals surface area contributed by atoms with Gasteiger partial charge in [0.1, 0.15) is 11.3 Å². The summed E-state index contributed by atoms with van der Waals surface area (Å²) in [6.45, 7) is 6.36. The van der Waals surface area contributed by atoms with E-state index < -0.39 is 5.60 Å². The number of benzene rings is 1. The Morgan fingerprint density at radius 3 is 2.88 bits per heavy atom. The first-order valence-corrected chi connectivity index (χ1v) is 8.92. The van der Waals surface area contributed by atoms with Crippen LogP contribution in [0.1, 0.15) is 38.9 Å². The first kappa shape index (κ1) is 16.5. The summed E-state index contributed by atoms with van der Waals surface area (Å²) in [5.41, 5.74) is 1.15. The van der Waals surface area contributed by atoms with Crippen LogP contribution in [0.3, 0.4) is 0 Å². The van der Waals surface area contributed by atoms with E-state index in [1.54, 1.807) is 4.90 Å². The molecule has 1 aromatic carbocycles. The molecule has 132 valence electrons. The van der Waals surface area contributed by atoms with Gasteiger partial charge in [0, 0.05) is 23.2 Å². The minimum atomic E-state index is -0.510. The Morgan fingerprint density at radius 1 is 1.36 bits per heavy atom. The summed E-state index contributed by atoms with van der Waals surface area (Å²) in [5, 5.41) is 4.89. The lowest BCUT2D eigenvalue weighted by atomic mass is 10.1. The lowest BCUT2D eigenvalue weighted by Gasteiger charge is -2.29. The van der Waals surface area contributed by atoms with Crippen molar-refractivity contribution in [2.24, 2.45) is 11.8 Å². The third kappa shape index (κ3) is 3.25. The molecule has 3 atom stereocenters. The molecule has 1 aliphatic heterocycles. The van der Waals surface area contributed by atoms with Gasteiger partial charge in [-0.05, 0) is 51.2 Å². The molecule has 6 heteroatoms. The van der Waals surface area contributed by atoms with E-state index in [0.29, 0.717) is 22.6 Å². The molecule has 1 saturated heterocycles. The van der Waals surface area contributed by atoms with E-state index in [1.807, 2.05) is 51.1 Å². The number of nitrogens with zero attached hydrogens (tertiary/aromatic N) is 2. The zero-order valence-corrected chi connectivity index (χ0v) is 15.3. The summed E-state index contributed by atoms with van der Waals surface area (Å²) in [6.07, 6.45) is 0.848. The molecule has 4 rings (SSSR count). The number of hydrogen-bond donors (Lipinski definition) is 0. The number of ether oxygens (including phenoxy) is 1. The highest BCUT2D eigenvalue weighted by atomic mass is 35.5.